The molecule has 0 aromatic rings. The van der Waals surface area contributed by atoms with Gasteiger partial charge in [0, 0.05) is 13.7 Å². The van der Waals surface area contributed by atoms with Crippen LogP contribution >= 0.6 is 0 Å². The van der Waals surface area contributed by atoms with E-state index in [1.807, 2.05) is 13.8 Å². The summed E-state index contributed by atoms with van der Waals surface area (Å²) < 4.78 is 10.5. The molecule has 2 unspecified atom stereocenters. The Bertz CT molecular complexity index is 539. The van der Waals surface area contributed by atoms with E-state index in [9.17, 15) is 9.59 Å². The normalized spacial score (nSPS) is 19.4. The second-order valence-corrected chi connectivity index (χ2v) is 7.76. The molecule has 1 saturated carbocycles. The number of allylic oxidation sites excluding steroid dienone is 1. The lowest BCUT2D eigenvalue weighted by atomic mass is 9.78. The lowest BCUT2D eigenvalue weighted by Crippen LogP contribution is -2.29. The number of aliphatic carboxylic acids is 1. The number of carboxylic acids is 1. The molecular weight excluding hydrogens is 450 g/mol. The third kappa shape index (κ3) is 23.6. The highest BCUT2D eigenvalue weighted by atomic mass is 16.6. The number of hydrogen-bond acceptors (Lipinski definition) is 7. The minimum absolute atomic E-state index is 0.0554. The number of terminal acetylenes is 1. The summed E-state index contributed by atoms with van der Waals surface area (Å²) in [5.41, 5.74) is 1.64. The van der Waals surface area contributed by atoms with Crippen molar-refractivity contribution in [3.05, 3.63) is 11.6 Å². The molecule has 1 aliphatic heterocycles. The van der Waals surface area contributed by atoms with Crippen molar-refractivity contribution < 1.29 is 34.4 Å². The van der Waals surface area contributed by atoms with Crippen molar-refractivity contribution in [3.63, 3.8) is 0 Å². The van der Waals surface area contributed by atoms with Crippen LogP contribution in [0.4, 0.5) is 0 Å². The number of rotatable bonds is 8. The Morgan fingerprint density at radius 1 is 1.09 bits per heavy atom. The van der Waals surface area contributed by atoms with Gasteiger partial charge < -0.3 is 24.8 Å². The van der Waals surface area contributed by atoms with Gasteiger partial charge in [0.2, 0.25) is 0 Å². The summed E-state index contributed by atoms with van der Waals surface area (Å²) in [4.78, 5) is 20.5. The van der Waals surface area contributed by atoms with Crippen LogP contribution in [0.15, 0.2) is 11.6 Å². The van der Waals surface area contributed by atoms with E-state index in [1.165, 1.54) is 37.7 Å². The number of carboxylic acid groups (broad SMARTS) is 1. The Balaban J connectivity index is -0.000000212. The van der Waals surface area contributed by atoms with E-state index in [2.05, 4.69) is 49.7 Å². The van der Waals surface area contributed by atoms with Crippen molar-refractivity contribution in [1.29, 1.82) is 0 Å². The number of carbonyl (C=O) groups excluding carboxylic acids is 1. The molecule has 0 aromatic heterocycles. The summed E-state index contributed by atoms with van der Waals surface area (Å²) in [6.45, 7) is 14.3. The van der Waals surface area contributed by atoms with Crippen LogP contribution in [-0.2, 0) is 19.1 Å². The van der Waals surface area contributed by atoms with Crippen molar-refractivity contribution in [2.45, 2.75) is 98.7 Å². The van der Waals surface area contributed by atoms with Crippen LogP contribution in [0.25, 0.3) is 0 Å². The molecule has 2 aliphatic rings. The third-order valence-corrected chi connectivity index (χ3v) is 4.99. The molecule has 4 N–H and O–H groups in total. The quantitative estimate of drug-likeness (QED) is 0.168. The highest BCUT2D eigenvalue weighted by Gasteiger charge is 2.56. The minimum Gasteiger partial charge on any atom is -0.480 e. The van der Waals surface area contributed by atoms with Crippen molar-refractivity contribution in [2.24, 2.45) is 5.92 Å². The van der Waals surface area contributed by atoms with E-state index in [-0.39, 0.29) is 25.3 Å². The first kappa shape index (κ1) is 40.3. The molecule has 8 heteroatoms. The van der Waals surface area contributed by atoms with Gasteiger partial charge in [-0.3, -0.25) is 14.9 Å². The van der Waals surface area contributed by atoms with Gasteiger partial charge in [0.1, 0.15) is 0 Å². The summed E-state index contributed by atoms with van der Waals surface area (Å²) in [7, 11) is 1.00. The molecular formula is C27H53NO7. The van der Waals surface area contributed by atoms with Gasteiger partial charge >= 0.3 is 11.9 Å². The number of ether oxygens (including phenoxy) is 2. The Morgan fingerprint density at radius 2 is 1.57 bits per heavy atom. The number of hydrogen-bond donors (Lipinski definition) is 4. The maximum absolute atomic E-state index is 10.5. The summed E-state index contributed by atoms with van der Waals surface area (Å²) in [6, 6.07) is 0. The highest BCUT2D eigenvalue weighted by molar-refractivity contribution is 5.73. The standard InChI is InChI=1S/C14H24O.C6H11NO4.C2H6O.C2H6.C2H2.CH4O/c1-11(2)9-10-13-14(3,15-13)12-7-5-4-6-8-12;1-2-11-6(10)4-7-3-5(8)9;1-2-3;3*1-2/h9,12-13H,4-8,10H2,1-3H3;7H,2-4H2,1H3,(H,8,9);3H,2H2,1H3;1-2H3;1-2H;2H,1H3. The predicted molar refractivity (Wildman–Crippen MR) is 143 cm³/mol. The smallest absolute Gasteiger partial charge is 0.319 e. The average Bonchev–Trinajstić information content (AvgIpc) is 3.54. The van der Waals surface area contributed by atoms with E-state index in [1.54, 1.807) is 13.8 Å². The molecule has 0 bridgehead atoms. The zero-order valence-electron chi connectivity index (χ0n) is 23.4. The Kier molecular flexibility index (Phi) is 32.6. The fourth-order valence-electron chi connectivity index (χ4n) is 3.42. The number of esters is 1. The van der Waals surface area contributed by atoms with Crippen LogP contribution < -0.4 is 5.32 Å². The van der Waals surface area contributed by atoms with Crippen LogP contribution in [0.5, 0.6) is 0 Å². The summed E-state index contributed by atoms with van der Waals surface area (Å²) in [6.07, 6.45) is 19.0. The second-order valence-electron chi connectivity index (χ2n) is 7.76. The monoisotopic (exact) mass is 503 g/mol. The van der Waals surface area contributed by atoms with Crippen LogP contribution in [-0.4, -0.2) is 72.4 Å². The minimum atomic E-state index is -0.991. The Hall–Kier alpha value is -1.92. The number of aliphatic hydroxyl groups is 2. The molecule has 0 radical (unpaired) electrons. The van der Waals surface area contributed by atoms with E-state index < -0.39 is 11.9 Å². The van der Waals surface area contributed by atoms with Gasteiger partial charge in [-0.25, -0.2) is 0 Å². The number of nitrogens with one attached hydrogen (secondary N) is 1. The van der Waals surface area contributed by atoms with E-state index in [0.717, 1.165) is 19.4 Å². The van der Waals surface area contributed by atoms with Crippen molar-refractivity contribution in [3.8, 4) is 12.8 Å². The first-order chi connectivity index (χ1) is 16.7. The zero-order chi connectivity index (χ0) is 28.3. The topological polar surface area (TPSA) is 129 Å². The molecule has 0 aromatic carbocycles. The average molecular weight is 504 g/mol. The zero-order valence-corrected chi connectivity index (χ0v) is 23.4. The lowest BCUT2D eigenvalue weighted by molar-refractivity contribution is -0.142. The van der Waals surface area contributed by atoms with Gasteiger partial charge in [0.25, 0.3) is 0 Å². The van der Waals surface area contributed by atoms with E-state index >= 15 is 0 Å². The molecule has 0 amide bonds. The molecule has 208 valence electrons. The largest absolute Gasteiger partial charge is 0.480 e. The van der Waals surface area contributed by atoms with Crippen molar-refractivity contribution in [1.82, 2.24) is 5.32 Å². The number of carbonyl (C=O) groups is 2. The van der Waals surface area contributed by atoms with E-state index in [4.69, 9.17) is 20.1 Å². The Labute approximate surface area is 214 Å². The number of aliphatic hydroxyl groups excluding tert-OH is 2. The van der Waals surface area contributed by atoms with Crippen LogP contribution in [0.2, 0.25) is 0 Å². The van der Waals surface area contributed by atoms with Crippen molar-refractivity contribution in [2.75, 3.05) is 33.4 Å². The van der Waals surface area contributed by atoms with E-state index in [0.29, 0.717) is 12.7 Å². The first-order valence-electron chi connectivity index (χ1n) is 12.5. The van der Waals surface area contributed by atoms with Crippen LogP contribution in [0.1, 0.15) is 87.0 Å². The van der Waals surface area contributed by atoms with Crippen molar-refractivity contribution >= 4 is 11.9 Å². The molecule has 1 saturated heterocycles. The maximum Gasteiger partial charge on any atom is 0.319 e. The summed E-state index contributed by atoms with van der Waals surface area (Å²) in [5.74, 6) is -0.593. The van der Waals surface area contributed by atoms with Crippen LogP contribution in [0.3, 0.4) is 0 Å². The van der Waals surface area contributed by atoms with Gasteiger partial charge in [0.15, 0.2) is 0 Å². The fourth-order valence-corrected chi connectivity index (χ4v) is 3.42. The number of epoxide rings is 1. The maximum atomic E-state index is 10.5. The van der Waals surface area contributed by atoms with Crippen LogP contribution in [0, 0.1) is 18.8 Å². The molecule has 35 heavy (non-hydrogen) atoms. The first-order valence-corrected chi connectivity index (χ1v) is 12.5. The lowest BCUT2D eigenvalue weighted by Gasteiger charge is -2.25. The molecule has 2 atom stereocenters. The summed E-state index contributed by atoms with van der Waals surface area (Å²) in [5, 5.41) is 25.1. The van der Waals surface area contributed by atoms with Gasteiger partial charge in [0.05, 0.1) is 31.4 Å². The van der Waals surface area contributed by atoms with Gasteiger partial charge in [-0.2, -0.15) is 0 Å². The molecule has 8 nitrogen and oxygen atoms in total. The fraction of sp³-hybridized carbons (Fsp3) is 0.778. The molecule has 0 spiro atoms. The third-order valence-electron chi connectivity index (χ3n) is 4.99. The van der Waals surface area contributed by atoms with Gasteiger partial charge in [-0.15, -0.1) is 12.8 Å². The van der Waals surface area contributed by atoms with Gasteiger partial charge in [-0.05, 0) is 59.8 Å². The predicted octanol–water partition coefficient (Wildman–Crippen LogP) is 4.19. The molecule has 2 fully saturated rings. The SMILES string of the molecule is C#C.CC.CC(C)=CCC1OC1(C)C1CCCCC1.CCO.CCOC(=O)CNCC(=O)O.CO. The summed E-state index contributed by atoms with van der Waals surface area (Å²) >= 11 is 0. The van der Waals surface area contributed by atoms with Gasteiger partial charge in [-0.1, -0.05) is 44.8 Å². The highest BCUT2D eigenvalue weighted by Crippen LogP contribution is 2.49. The molecule has 1 aliphatic carbocycles. The molecule has 2 rings (SSSR count). The second kappa shape index (κ2) is 28.3. The molecule has 1 heterocycles. The Morgan fingerprint density at radius 3 is 1.97 bits per heavy atom.